The van der Waals surface area contributed by atoms with Crippen molar-refractivity contribution < 1.29 is 13.9 Å². The van der Waals surface area contributed by atoms with E-state index in [9.17, 15) is 4.79 Å². The predicted octanol–water partition coefficient (Wildman–Crippen LogP) is 2.21. The fourth-order valence-corrected chi connectivity index (χ4v) is 2.25. The van der Waals surface area contributed by atoms with Crippen LogP contribution >= 0.6 is 0 Å². The maximum absolute atomic E-state index is 11.8. The number of carbonyl (C=O) groups is 1. The van der Waals surface area contributed by atoms with Crippen LogP contribution in [0.15, 0.2) is 22.8 Å². The number of rotatable bonds is 4. The monoisotopic (exact) mass is 237 g/mol. The first kappa shape index (κ1) is 12.2. The van der Waals surface area contributed by atoms with E-state index in [-0.39, 0.29) is 23.5 Å². The fraction of sp³-hybridized carbons (Fsp3) is 0.615. The summed E-state index contributed by atoms with van der Waals surface area (Å²) in [4.78, 5) is 11.8. The van der Waals surface area contributed by atoms with Crippen LogP contribution in [0.1, 0.15) is 37.7 Å². The third-order valence-corrected chi connectivity index (χ3v) is 3.60. The molecular weight excluding hydrogens is 218 g/mol. The van der Waals surface area contributed by atoms with Gasteiger partial charge in [-0.2, -0.15) is 0 Å². The molecule has 0 radical (unpaired) electrons. The van der Waals surface area contributed by atoms with Crippen LogP contribution in [-0.2, 0) is 4.74 Å². The molecular formula is C13H19NO3. The maximum Gasteiger partial charge on any atom is 0.287 e. The van der Waals surface area contributed by atoms with Crippen molar-refractivity contribution >= 4 is 5.91 Å². The van der Waals surface area contributed by atoms with Crippen molar-refractivity contribution in [2.45, 2.75) is 39.3 Å². The lowest BCUT2D eigenvalue weighted by Crippen LogP contribution is -2.62. The summed E-state index contributed by atoms with van der Waals surface area (Å²) in [6.45, 7) is 6.94. The maximum atomic E-state index is 11.8. The number of hydrogen-bond donors (Lipinski definition) is 1. The Bertz CT molecular complexity index is 383. The lowest BCUT2D eigenvalue weighted by atomic mass is 9.64. The summed E-state index contributed by atoms with van der Waals surface area (Å²) in [6.07, 6.45) is 2.60. The molecule has 4 heteroatoms. The number of ether oxygens (including phenoxy) is 1. The zero-order valence-corrected chi connectivity index (χ0v) is 10.5. The molecule has 2 atom stereocenters. The highest BCUT2D eigenvalue weighted by Crippen LogP contribution is 2.42. The second kappa shape index (κ2) is 4.53. The summed E-state index contributed by atoms with van der Waals surface area (Å²) in [6, 6.07) is 3.53. The highest BCUT2D eigenvalue weighted by Gasteiger charge is 2.49. The molecule has 1 aliphatic rings. The molecule has 1 saturated carbocycles. The van der Waals surface area contributed by atoms with Gasteiger partial charge in [0.2, 0.25) is 0 Å². The second-order valence-corrected chi connectivity index (χ2v) is 5.00. The van der Waals surface area contributed by atoms with E-state index in [1.54, 1.807) is 12.1 Å². The number of amides is 1. The summed E-state index contributed by atoms with van der Waals surface area (Å²) >= 11 is 0. The van der Waals surface area contributed by atoms with Crippen LogP contribution in [0.25, 0.3) is 0 Å². The number of nitrogens with one attached hydrogen (secondary N) is 1. The van der Waals surface area contributed by atoms with Gasteiger partial charge in [-0.05, 0) is 25.5 Å². The minimum atomic E-state index is -0.150. The van der Waals surface area contributed by atoms with Crippen LogP contribution in [0.4, 0.5) is 0 Å². The van der Waals surface area contributed by atoms with Crippen molar-refractivity contribution in [2.75, 3.05) is 6.61 Å². The van der Waals surface area contributed by atoms with Gasteiger partial charge in [-0.25, -0.2) is 0 Å². The van der Waals surface area contributed by atoms with Gasteiger partial charge in [0.1, 0.15) is 0 Å². The predicted molar refractivity (Wildman–Crippen MR) is 63.8 cm³/mol. The van der Waals surface area contributed by atoms with Gasteiger partial charge in [0.25, 0.3) is 5.91 Å². The van der Waals surface area contributed by atoms with Crippen LogP contribution in [0.2, 0.25) is 0 Å². The summed E-state index contributed by atoms with van der Waals surface area (Å²) in [7, 11) is 0. The van der Waals surface area contributed by atoms with Crippen molar-refractivity contribution in [3.8, 4) is 0 Å². The van der Waals surface area contributed by atoms with Crippen molar-refractivity contribution in [1.82, 2.24) is 5.32 Å². The summed E-state index contributed by atoms with van der Waals surface area (Å²) in [5.41, 5.74) is -0.0156. The Labute approximate surface area is 101 Å². The topological polar surface area (TPSA) is 51.5 Å². The minimum absolute atomic E-state index is 0.0156. The molecule has 2 rings (SSSR count). The Morgan fingerprint density at radius 3 is 2.94 bits per heavy atom. The minimum Gasteiger partial charge on any atom is -0.459 e. The Hall–Kier alpha value is -1.29. The molecule has 0 aliphatic heterocycles. The molecule has 1 amide bonds. The van der Waals surface area contributed by atoms with E-state index in [0.717, 1.165) is 6.42 Å². The van der Waals surface area contributed by atoms with Crippen molar-refractivity contribution in [2.24, 2.45) is 5.41 Å². The zero-order chi connectivity index (χ0) is 12.5. The van der Waals surface area contributed by atoms with Gasteiger partial charge >= 0.3 is 0 Å². The second-order valence-electron chi connectivity index (χ2n) is 5.00. The lowest BCUT2D eigenvalue weighted by Gasteiger charge is -2.51. The molecule has 1 fully saturated rings. The smallest absolute Gasteiger partial charge is 0.287 e. The van der Waals surface area contributed by atoms with Crippen molar-refractivity contribution in [3.05, 3.63) is 24.2 Å². The first-order chi connectivity index (χ1) is 8.05. The molecule has 0 aromatic carbocycles. The highest BCUT2D eigenvalue weighted by atomic mass is 16.5. The van der Waals surface area contributed by atoms with Crippen LogP contribution < -0.4 is 5.32 Å². The van der Waals surface area contributed by atoms with Gasteiger partial charge in [-0.1, -0.05) is 13.8 Å². The van der Waals surface area contributed by atoms with E-state index in [2.05, 4.69) is 19.2 Å². The first-order valence-electron chi connectivity index (χ1n) is 6.01. The number of hydrogen-bond acceptors (Lipinski definition) is 3. The Kier molecular flexibility index (Phi) is 3.24. The Balaban J connectivity index is 1.92. The highest BCUT2D eigenvalue weighted by molar-refractivity contribution is 5.91. The third-order valence-electron chi connectivity index (χ3n) is 3.60. The van der Waals surface area contributed by atoms with Gasteiger partial charge in [-0.3, -0.25) is 4.79 Å². The largest absolute Gasteiger partial charge is 0.459 e. The molecule has 17 heavy (non-hydrogen) atoms. The van der Waals surface area contributed by atoms with E-state index in [0.29, 0.717) is 12.4 Å². The zero-order valence-electron chi connectivity index (χ0n) is 10.5. The van der Waals surface area contributed by atoms with Crippen molar-refractivity contribution in [3.63, 3.8) is 0 Å². The first-order valence-corrected chi connectivity index (χ1v) is 6.01. The summed E-state index contributed by atoms with van der Waals surface area (Å²) in [5.74, 6) is 0.212. The Morgan fingerprint density at radius 2 is 2.41 bits per heavy atom. The van der Waals surface area contributed by atoms with E-state index in [4.69, 9.17) is 9.15 Å². The quantitative estimate of drug-likeness (QED) is 0.873. The molecule has 1 heterocycles. The standard InChI is InChI=1S/C13H19NO3/c1-4-16-11-8-10(13(11,2)3)14-12(15)9-6-5-7-17-9/h5-7,10-11H,4,8H2,1-3H3,(H,14,15)/t10-,11-/m0/s1. The molecule has 94 valence electrons. The van der Waals surface area contributed by atoms with E-state index >= 15 is 0 Å². The molecule has 4 nitrogen and oxygen atoms in total. The van der Waals surface area contributed by atoms with Crippen molar-refractivity contribution in [1.29, 1.82) is 0 Å². The average Bonchev–Trinajstić information content (AvgIpc) is 2.81. The molecule has 0 bridgehead atoms. The van der Waals surface area contributed by atoms with E-state index in [1.165, 1.54) is 6.26 Å². The van der Waals surface area contributed by atoms with Crippen LogP contribution in [0.3, 0.4) is 0 Å². The SMILES string of the molecule is CCO[C@H]1C[C@H](NC(=O)c2ccco2)C1(C)C. The Morgan fingerprint density at radius 1 is 1.65 bits per heavy atom. The number of carbonyl (C=O) groups excluding carboxylic acids is 1. The molecule has 0 saturated heterocycles. The normalized spacial score (nSPS) is 26.3. The van der Waals surface area contributed by atoms with Gasteiger partial charge in [0, 0.05) is 18.1 Å². The van der Waals surface area contributed by atoms with Crippen LogP contribution in [0.5, 0.6) is 0 Å². The fourth-order valence-electron chi connectivity index (χ4n) is 2.25. The molecule has 0 unspecified atom stereocenters. The molecule has 0 spiro atoms. The van der Waals surface area contributed by atoms with E-state index in [1.807, 2.05) is 6.92 Å². The third kappa shape index (κ3) is 2.22. The molecule has 1 N–H and O–H groups in total. The molecule has 1 aromatic rings. The average molecular weight is 237 g/mol. The summed E-state index contributed by atoms with van der Waals surface area (Å²) in [5, 5.41) is 2.98. The molecule has 1 aromatic heterocycles. The van der Waals surface area contributed by atoms with Crippen LogP contribution in [-0.4, -0.2) is 24.7 Å². The van der Waals surface area contributed by atoms with Gasteiger partial charge in [0.05, 0.1) is 12.4 Å². The number of furan rings is 1. The molecule has 1 aliphatic carbocycles. The van der Waals surface area contributed by atoms with Crippen LogP contribution in [0, 0.1) is 5.41 Å². The summed E-state index contributed by atoms with van der Waals surface area (Å²) < 4.78 is 10.7. The van der Waals surface area contributed by atoms with Gasteiger partial charge in [0.15, 0.2) is 5.76 Å². The van der Waals surface area contributed by atoms with Gasteiger partial charge < -0.3 is 14.5 Å². The van der Waals surface area contributed by atoms with Gasteiger partial charge in [-0.15, -0.1) is 0 Å². The van der Waals surface area contributed by atoms with E-state index < -0.39 is 0 Å². The lowest BCUT2D eigenvalue weighted by molar-refractivity contribution is -0.111.